The van der Waals surface area contributed by atoms with Gasteiger partial charge in [0, 0.05) is 0 Å². The zero-order chi connectivity index (χ0) is 13.8. The number of carbonyl (C=O) groups excluding carboxylic acids is 1. The normalized spacial score (nSPS) is 19.6. The van der Waals surface area contributed by atoms with Crippen molar-refractivity contribution >= 4 is 12.1 Å². The molecule has 1 heterocycles. The largest absolute Gasteiger partial charge is 0.478 e. The summed E-state index contributed by atoms with van der Waals surface area (Å²) in [6, 6.07) is 6.91. The summed E-state index contributed by atoms with van der Waals surface area (Å²) < 4.78 is 5.07. The molecule has 1 amide bonds. The van der Waals surface area contributed by atoms with Crippen molar-refractivity contribution in [2.45, 2.75) is 31.8 Å². The summed E-state index contributed by atoms with van der Waals surface area (Å²) in [5.41, 5.74) is 1.40. The summed E-state index contributed by atoms with van der Waals surface area (Å²) >= 11 is 0. The number of rotatable bonds is 5. The molecule has 0 radical (unpaired) electrons. The highest BCUT2D eigenvalue weighted by Gasteiger charge is 2.22. The number of alkyl carbamates (subject to hydrolysis) is 1. The zero-order valence-electron chi connectivity index (χ0n) is 10.8. The molecule has 5 nitrogen and oxygen atoms in total. The highest BCUT2D eigenvalue weighted by molar-refractivity contribution is 5.87. The van der Waals surface area contributed by atoms with Gasteiger partial charge < -0.3 is 15.2 Å². The molecule has 0 saturated carbocycles. The van der Waals surface area contributed by atoms with E-state index in [0.717, 1.165) is 18.4 Å². The molecule has 1 fully saturated rings. The lowest BCUT2D eigenvalue weighted by molar-refractivity contribution is 0.0696. The maximum atomic E-state index is 10.9. The molecule has 0 bridgehead atoms. The molecule has 1 aliphatic rings. The number of carbonyl (C=O) groups is 2. The third-order valence-electron chi connectivity index (χ3n) is 3.40. The Hall–Kier alpha value is -2.04. The van der Waals surface area contributed by atoms with Crippen LogP contribution in [0, 0.1) is 0 Å². The van der Waals surface area contributed by atoms with E-state index in [2.05, 4.69) is 12.2 Å². The van der Waals surface area contributed by atoms with Gasteiger partial charge >= 0.3 is 12.1 Å². The number of ether oxygens (including phenoxy) is 1. The number of carboxylic acid groups (broad SMARTS) is 1. The maximum Gasteiger partial charge on any atom is 0.407 e. The summed E-state index contributed by atoms with van der Waals surface area (Å²) in [5.74, 6) is -0.606. The van der Waals surface area contributed by atoms with Crippen LogP contribution in [-0.2, 0) is 4.74 Å². The van der Waals surface area contributed by atoms with Gasteiger partial charge in [-0.15, -0.1) is 0 Å². The van der Waals surface area contributed by atoms with Crippen molar-refractivity contribution in [3.63, 3.8) is 0 Å². The molecular weight excluding hydrogens is 246 g/mol. The van der Waals surface area contributed by atoms with E-state index in [-0.39, 0.29) is 12.2 Å². The van der Waals surface area contributed by atoms with E-state index in [1.165, 1.54) is 0 Å². The Kier molecular flexibility index (Phi) is 4.04. The van der Waals surface area contributed by atoms with E-state index in [4.69, 9.17) is 9.84 Å². The SMILES string of the molecule is C[C@H](CC[C@@H]1CNC(=O)O1)c1ccc(C(=O)O)cc1. The zero-order valence-corrected chi connectivity index (χ0v) is 10.8. The molecule has 5 heteroatoms. The van der Waals surface area contributed by atoms with Gasteiger partial charge in [0.25, 0.3) is 0 Å². The lowest BCUT2D eigenvalue weighted by Crippen LogP contribution is -2.15. The van der Waals surface area contributed by atoms with Gasteiger partial charge in [0.2, 0.25) is 0 Å². The smallest absolute Gasteiger partial charge is 0.407 e. The lowest BCUT2D eigenvalue weighted by Gasteiger charge is -2.14. The first kappa shape index (κ1) is 13.4. The first-order chi connectivity index (χ1) is 9.06. The average Bonchev–Trinajstić information content (AvgIpc) is 2.82. The number of aromatic carboxylic acids is 1. The fourth-order valence-corrected chi connectivity index (χ4v) is 2.15. The third-order valence-corrected chi connectivity index (χ3v) is 3.40. The Morgan fingerprint density at radius 3 is 2.68 bits per heavy atom. The standard InChI is InChI=1S/C14H17NO4/c1-9(2-7-12-8-15-14(18)19-12)10-3-5-11(6-4-10)13(16)17/h3-6,9,12H,2,7-8H2,1H3,(H,15,18)(H,16,17)/t9-,12-/m1/s1. The Bertz CT molecular complexity index is 469. The van der Waals surface area contributed by atoms with E-state index < -0.39 is 5.97 Å². The molecule has 1 saturated heterocycles. The molecule has 2 N–H and O–H groups in total. The maximum absolute atomic E-state index is 10.9. The predicted octanol–water partition coefficient (Wildman–Crippen LogP) is 2.38. The second kappa shape index (κ2) is 5.73. The summed E-state index contributed by atoms with van der Waals surface area (Å²) in [7, 11) is 0. The van der Waals surface area contributed by atoms with Crippen LogP contribution in [0.4, 0.5) is 4.79 Å². The van der Waals surface area contributed by atoms with E-state index in [1.807, 2.05) is 12.1 Å². The number of cyclic esters (lactones) is 1. The fourth-order valence-electron chi connectivity index (χ4n) is 2.15. The molecule has 1 aromatic rings. The van der Waals surface area contributed by atoms with Crippen LogP contribution in [0.1, 0.15) is 41.6 Å². The molecule has 19 heavy (non-hydrogen) atoms. The topological polar surface area (TPSA) is 75.6 Å². The molecule has 2 atom stereocenters. The minimum absolute atomic E-state index is 0.0479. The molecule has 102 valence electrons. The molecule has 0 unspecified atom stereocenters. The molecular formula is C14H17NO4. The highest BCUT2D eigenvalue weighted by atomic mass is 16.6. The van der Waals surface area contributed by atoms with Crippen molar-refractivity contribution in [1.29, 1.82) is 0 Å². The van der Waals surface area contributed by atoms with E-state index in [1.54, 1.807) is 12.1 Å². The number of hydrogen-bond acceptors (Lipinski definition) is 3. The highest BCUT2D eigenvalue weighted by Crippen LogP contribution is 2.23. The van der Waals surface area contributed by atoms with Crippen LogP contribution >= 0.6 is 0 Å². The first-order valence-corrected chi connectivity index (χ1v) is 6.34. The van der Waals surface area contributed by atoms with Crippen LogP contribution < -0.4 is 5.32 Å². The van der Waals surface area contributed by atoms with Gasteiger partial charge in [0.05, 0.1) is 12.1 Å². The van der Waals surface area contributed by atoms with Crippen molar-refractivity contribution in [2.75, 3.05) is 6.54 Å². The van der Waals surface area contributed by atoms with E-state index in [0.29, 0.717) is 18.0 Å². The van der Waals surface area contributed by atoms with E-state index >= 15 is 0 Å². The van der Waals surface area contributed by atoms with Crippen molar-refractivity contribution in [1.82, 2.24) is 5.32 Å². The van der Waals surface area contributed by atoms with Gasteiger partial charge in [-0.25, -0.2) is 9.59 Å². The quantitative estimate of drug-likeness (QED) is 0.855. The van der Waals surface area contributed by atoms with Crippen molar-refractivity contribution in [3.05, 3.63) is 35.4 Å². The molecule has 1 aliphatic heterocycles. The minimum atomic E-state index is -0.914. The molecule has 0 spiro atoms. The average molecular weight is 263 g/mol. The number of benzene rings is 1. The monoisotopic (exact) mass is 263 g/mol. The van der Waals surface area contributed by atoms with Crippen molar-refractivity contribution < 1.29 is 19.4 Å². The van der Waals surface area contributed by atoms with Crippen molar-refractivity contribution in [3.8, 4) is 0 Å². The Morgan fingerprint density at radius 2 is 2.16 bits per heavy atom. The van der Waals surface area contributed by atoms with E-state index in [9.17, 15) is 9.59 Å². The van der Waals surface area contributed by atoms with Gasteiger partial charge in [0.15, 0.2) is 0 Å². The first-order valence-electron chi connectivity index (χ1n) is 6.34. The molecule has 1 aromatic carbocycles. The minimum Gasteiger partial charge on any atom is -0.478 e. The van der Waals surface area contributed by atoms with Gasteiger partial charge in [-0.05, 0) is 36.5 Å². The van der Waals surface area contributed by atoms with Crippen LogP contribution in [-0.4, -0.2) is 29.8 Å². The van der Waals surface area contributed by atoms with Crippen LogP contribution in [0.25, 0.3) is 0 Å². The summed E-state index contributed by atoms with van der Waals surface area (Å²) in [6.45, 7) is 2.66. The molecule has 0 aromatic heterocycles. The molecule has 2 rings (SSSR count). The predicted molar refractivity (Wildman–Crippen MR) is 69.3 cm³/mol. The van der Waals surface area contributed by atoms with Gasteiger partial charge in [-0.1, -0.05) is 19.1 Å². The van der Waals surface area contributed by atoms with Gasteiger partial charge in [0.1, 0.15) is 6.10 Å². The number of nitrogens with one attached hydrogen (secondary N) is 1. The Balaban J connectivity index is 1.87. The number of hydrogen-bond donors (Lipinski definition) is 2. The second-order valence-electron chi connectivity index (χ2n) is 4.81. The fraction of sp³-hybridized carbons (Fsp3) is 0.429. The number of amides is 1. The van der Waals surface area contributed by atoms with Crippen LogP contribution in [0.2, 0.25) is 0 Å². The summed E-state index contributed by atoms with van der Waals surface area (Å²) in [6.07, 6.45) is 1.31. The third kappa shape index (κ3) is 3.47. The summed E-state index contributed by atoms with van der Waals surface area (Å²) in [4.78, 5) is 21.6. The second-order valence-corrected chi connectivity index (χ2v) is 4.81. The van der Waals surface area contributed by atoms with Crippen molar-refractivity contribution in [2.24, 2.45) is 0 Å². The lowest BCUT2D eigenvalue weighted by atomic mass is 9.94. The Labute approximate surface area is 111 Å². The van der Waals surface area contributed by atoms with Crippen LogP contribution in [0.15, 0.2) is 24.3 Å². The van der Waals surface area contributed by atoms with Crippen LogP contribution in [0.3, 0.4) is 0 Å². The van der Waals surface area contributed by atoms with Gasteiger partial charge in [-0.3, -0.25) is 0 Å². The van der Waals surface area contributed by atoms with Gasteiger partial charge in [-0.2, -0.15) is 0 Å². The van der Waals surface area contributed by atoms with Crippen LogP contribution in [0.5, 0.6) is 0 Å². The summed E-state index contributed by atoms with van der Waals surface area (Å²) in [5, 5.41) is 11.5. The number of carboxylic acids is 1. The Morgan fingerprint density at radius 1 is 1.47 bits per heavy atom. The molecule has 0 aliphatic carbocycles.